The number of rotatable bonds is 7. The first-order valence-electron chi connectivity index (χ1n) is 9.40. The van der Waals surface area contributed by atoms with Gasteiger partial charge in [0, 0.05) is 0 Å². The lowest BCUT2D eigenvalue weighted by molar-refractivity contribution is -0.120. The SMILES string of the molecule is O=C(CNC(=O)c1ccc(Br)s1)N[C@@H](Cc1ccccc1)c1nc2ccccc2[nH]1. The molecule has 152 valence electrons. The number of thiophene rings is 1. The number of hydrogen-bond donors (Lipinski definition) is 3. The van der Waals surface area contributed by atoms with Gasteiger partial charge in [0.15, 0.2) is 0 Å². The molecule has 6 nitrogen and oxygen atoms in total. The van der Waals surface area contributed by atoms with Crippen LogP contribution in [0.5, 0.6) is 0 Å². The van der Waals surface area contributed by atoms with Gasteiger partial charge in [-0.25, -0.2) is 4.98 Å². The molecule has 2 aromatic heterocycles. The maximum Gasteiger partial charge on any atom is 0.261 e. The number of carbonyl (C=O) groups excluding carboxylic acids is 2. The minimum atomic E-state index is -0.347. The molecule has 2 amide bonds. The topological polar surface area (TPSA) is 86.9 Å². The van der Waals surface area contributed by atoms with Crippen molar-refractivity contribution >= 4 is 50.1 Å². The maximum absolute atomic E-state index is 12.6. The fraction of sp³-hybridized carbons (Fsp3) is 0.136. The van der Waals surface area contributed by atoms with Crippen LogP contribution in [0.15, 0.2) is 70.5 Å². The van der Waals surface area contributed by atoms with Crippen LogP contribution in [0.1, 0.15) is 27.1 Å². The Morgan fingerprint density at radius 1 is 1.03 bits per heavy atom. The molecule has 0 aliphatic carbocycles. The number of benzene rings is 2. The van der Waals surface area contributed by atoms with E-state index in [1.807, 2.05) is 54.6 Å². The second-order valence-electron chi connectivity index (χ2n) is 6.74. The standard InChI is InChI=1S/C22H19BrN4O2S/c23-19-11-10-18(30-19)22(29)24-13-20(28)25-17(12-14-6-2-1-3-7-14)21-26-15-8-4-5-9-16(15)27-21/h1-11,17H,12-13H2,(H,24,29)(H,25,28)(H,26,27)/t17-/m0/s1. The van der Waals surface area contributed by atoms with Crippen molar-refractivity contribution in [2.24, 2.45) is 0 Å². The van der Waals surface area contributed by atoms with E-state index < -0.39 is 0 Å². The van der Waals surface area contributed by atoms with E-state index in [0.717, 1.165) is 20.4 Å². The molecule has 0 saturated heterocycles. The molecule has 0 aliphatic rings. The molecule has 0 spiro atoms. The number of aromatic amines is 1. The van der Waals surface area contributed by atoms with Gasteiger partial charge in [-0.1, -0.05) is 42.5 Å². The Balaban J connectivity index is 1.47. The van der Waals surface area contributed by atoms with Crippen molar-refractivity contribution in [2.75, 3.05) is 6.54 Å². The smallest absolute Gasteiger partial charge is 0.261 e. The highest BCUT2D eigenvalue weighted by Gasteiger charge is 2.20. The van der Waals surface area contributed by atoms with E-state index in [9.17, 15) is 9.59 Å². The zero-order valence-corrected chi connectivity index (χ0v) is 18.3. The van der Waals surface area contributed by atoms with Gasteiger partial charge in [0.2, 0.25) is 5.91 Å². The maximum atomic E-state index is 12.6. The highest BCUT2D eigenvalue weighted by Crippen LogP contribution is 2.22. The normalized spacial score (nSPS) is 11.9. The Labute approximate surface area is 185 Å². The number of fused-ring (bicyclic) bond motifs is 1. The Morgan fingerprint density at radius 2 is 1.80 bits per heavy atom. The van der Waals surface area contributed by atoms with E-state index in [0.29, 0.717) is 17.1 Å². The van der Waals surface area contributed by atoms with Crippen LogP contribution in [0.25, 0.3) is 11.0 Å². The lowest BCUT2D eigenvalue weighted by Gasteiger charge is -2.17. The molecular weight excluding hydrogens is 464 g/mol. The van der Waals surface area contributed by atoms with Crippen LogP contribution in [0.2, 0.25) is 0 Å². The number of carbonyl (C=O) groups is 2. The summed E-state index contributed by atoms with van der Waals surface area (Å²) >= 11 is 4.65. The molecule has 8 heteroatoms. The summed E-state index contributed by atoms with van der Waals surface area (Å²) in [6.45, 7) is -0.111. The summed E-state index contributed by atoms with van der Waals surface area (Å²) in [5, 5.41) is 5.67. The van der Waals surface area contributed by atoms with Gasteiger partial charge in [-0.05, 0) is 52.2 Å². The Morgan fingerprint density at radius 3 is 2.53 bits per heavy atom. The number of nitrogens with zero attached hydrogens (tertiary/aromatic N) is 1. The summed E-state index contributed by atoms with van der Waals surface area (Å²) in [4.78, 5) is 33.3. The Bertz CT molecular complexity index is 1140. The monoisotopic (exact) mass is 482 g/mol. The van der Waals surface area contributed by atoms with Crippen molar-refractivity contribution in [3.05, 3.63) is 86.8 Å². The average Bonchev–Trinajstić information content (AvgIpc) is 3.38. The predicted octanol–water partition coefficient (Wildman–Crippen LogP) is 4.22. The average molecular weight is 483 g/mol. The summed E-state index contributed by atoms with van der Waals surface area (Å²) in [5.41, 5.74) is 2.84. The first-order chi connectivity index (χ1) is 14.6. The molecule has 1 atom stereocenters. The van der Waals surface area contributed by atoms with Gasteiger partial charge >= 0.3 is 0 Å². The number of hydrogen-bond acceptors (Lipinski definition) is 4. The molecule has 4 aromatic rings. The first-order valence-corrected chi connectivity index (χ1v) is 11.0. The van der Waals surface area contributed by atoms with Crippen molar-refractivity contribution in [1.82, 2.24) is 20.6 Å². The summed E-state index contributed by atoms with van der Waals surface area (Å²) in [6.07, 6.45) is 0.582. The Kier molecular flexibility index (Phi) is 6.25. The van der Waals surface area contributed by atoms with Gasteiger partial charge < -0.3 is 15.6 Å². The molecule has 4 rings (SSSR count). The van der Waals surface area contributed by atoms with Crippen LogP contribution >= 0.6 is 27.3 Å². The van der Waals surface area contributed by atoms with Crippen molar-refractivity contribution in [1.29, 1.82) is 0 Å². The highest BCUT2D eigenvalue weighted by molar-refractivity contribution is 9.11. The van der Waals surface area contributed by atoms with Gasteiger partial charge in [-0.3, -0.25) is 9.59 Å². The lowest BCUT2D eigenvalue weighted by atomic mass is 10.1. The predicted molar refractivity (Wildman–Crippen MR) is 121 cm³/mol. The highest BCUT2D eigenvalue weighted by atomic mass is 79.9. The molecule has 0 fully saturated rings. The van der Waals surface area contributed by atoms with Crippen LogP contribution in [0.4, 0.5) is 0 Å². The van der Waals surface area contributed by atoms with Crippen molar-refractivity contribution in [3.8, 4) is 0 Å². The number of aromatic nitrogens is 2. The fourth-order valence-corrected chi connectivity index (χ4v) is 4.44. The first kappa shape index (κ1) is 20.3. The zero-order chi connectivity index (χ0) is 20.9. The molecule has 3 N–H and O–H groups in total. The summed E-state index contributed by atoms with van der Waals surface area (Å²) in [6, 6.07) is 20.8. The third-order valence-electron chi connectivity index (χ3n) is 4.56. The molecule has 0 bridgehead atoms. The summed E-state index contributed by atoms with van der Waals surface area (Å²) in [5.74, 6) is 0.131. The van der Waals surface area contributed by atoms with Gasteiger partial charge in [-0.2, -0.15) is 0 Å². The van der Waals surface area contributed by atoms with Gasteiger partial charge in [0.25, 0.3) is 5.91 Å². The van der Waals surface area contributed by atoms with E-state index >= 15 is 0 Å². The van der Waals surface area contributed by atoms with Crippen molar-refractivity contribution in [3.63, 3.8) is 0 Å². The largest absolute Gasteiger partial charge is 0.344 e. The minimum Gasteiger partial charge on any atom is -0.344 e. The minimum absolute atomic E-state index is 0.111. The van der Waals surface area contributed by atoms with Crippen LogP contribution < -0.4 is 10.6 Å². The number of para-hydroxylation sites is 2. The molecule has 0 unspecified atom stereocenters. The summed E-state index contributed by atoms with van der Waals surface area (Å²) in [7, 11) is 0. The number of H-pyrrole nitrogens is 1. The fourth-order valence-electron chi connectivity index (χ4n) is 3.13. The number of amides is 2. The molecule has 0 aliphatic heterocycles. The van der Waals surface area contributed by atoms with Gasteiger partial charge in [0.1, 0.15) is 5.82 Å². The van der Waals surface area contributed by atoms with Crippen molar-refractivity contribution in [2.45, 2.75) is 12.5 Å². The van der Waals surface area contributed by atoms with Gasteiger partial charge in [-0.15, -0.1) is 11.3 Å². The molecule has 2 heterocycles. The van der Waals surface area contributed by atoms with E-state index in [2.05, 4.69) is 36.5 Å². The Hall–Kier alpha value is -2.97. The van der Waals surface area contributed by atoms with E-state index in [1.165, 1.54) is 11.3 Å². The van der Waals surface area contributed by atoms with Crippen LogP contribution in [0.3, 0.4) is 0 Å². The van der Waals surface area contributed by atoms with Crippen LogP contribution in [0, 0.1) is 0 Å². The molecule has 30 heavy (non-hydrogen) atoms. The van der Waals surface area contributed by atoms with Gasteiger partial charge in [0.05, 0.1) is 32.3 Å². The lowest BCUT2D eigenvalue weighted by Crippen LogP contribution is -2.39. The molecular formula is C22H19BrN4O2S. The summed E-state index contributed by atoms with van der Waals surface area (Å²) < 4.78 is 0.866. The second-order valence-corrected chi connectivity index (χ2v) is 9.20. The number of imidazole rings is 1. The van der Waals surface area contributed by atoms with E-state index in [1.54, 1.807) is 12.1 Å². The van der Waals surface area contributed by atoms with Crippen molar-refractivity contribution < 1.29 is 9.59 Å². The van der Waals surface area contributed by atoms with Crippen LogP contribution in [-0.2, 0) is 11.2 Å². The third kappa shape index (κ3) is 4.95. The third-order valence-corrected chi connectivity index (χ3v) is 6.18. The molecule has 0 radical (unpaired) electrons. The van der Waals surface area contributed by atoms with E-state index in [-0.39, 0.29) is 24.4 Å². The van der Waals surface area contributed by atoms with Crippen LogP contribution in [-0.4, -0.2) is 28.3 Å². The molecule has 0 saturated carbocycles. The molecule has 2 aromatic carbocycles. The quantitative estimate of drug-likeness (QED) is 0.368. The number of nitrogens with one attached hydrogen (secondary N) is 3. The number of halogens is 1. The van der Waals surface area contributed by atoms with E-state index in [4.69, 9.17) is 0 Å². The zero-order valence-electron chi connectivity index (χ0n) is 15.9. The second kappa shape index (κ2) is 9.23.